The van der Waals surface area contributed by atoms with Gasteiger partial charge < -0.3 is 9.47 Å². The Balaban J connectivity index is 2.39. The summed E-state index contributed by atoms with van der Waals surface area (Å²) < 4.78 is 10.6. The van der Waals surface area contributed by atoms with Gasteiger partial charge in [-0.05, 0) is 0 Å². The van der Waals surface area contributed by atoms with Crippen LogP contribution in [0.1, 0.15) is 19.0 Å². The molecule has 0 spiro atoms. The minimum absolute atomic E-state index is 0.0283. The molecule has 16 heavy (non-hydrogen) atoms. The number of carbonyl (C=O) groups is 2. The van der Waals surface area contributed by atoms with Crippen molar-refractivity contribution in [3.63, 3.8) is 0 Å². The van der Waals surface area contributed by atoms with Gasteiger partial charge in [0.05, 0.1) is 25.4 Å². The standard InChI is InChI=1S/C9H13N3O4/c1-7(13)16-6-12-5-8(10-11-12)3-4-9(14)15-2/h5H,3-4,6H2,1-2H3. The Bertz CT molecular complexity index is 375. The molecule has 0 aliphatic rings. The largest absolute Gasteiger partial charge is 0.469 e. The lowest BCUT2D eigenvalue weighted by Gasteiger charge is -1.99. The first-order valence-electron chi connectivity index (χ1n) is 4.71. The molecule has 0 radical (unpaired) electrons. The van der Waals surface area contributed by atoms with Gasteiger partial charge in [0.2, 0.25) is 0 Å². The van der Waals surface area contributed by atoms with Gasteiger partial charge in [0.1, 0.15) is 0 Å². The van der Waals surface area contributed by atoms with Crippen molar-refractivity contribution in [1.82, 2.24) is 15.0 Å². The highest BCUT2D eigenvalue weighted by molar-refractivity contribution is 5.69. The maximum absolute atomic E-state index is 10.9. The number of ether oxygens (including phenoxy) is 2. The third-order valence-corrected chi connectivity index (χ3v) is 1.80. The van der Waals surface area contributed by atoms with E-state index in [0.717, 1.165) is 0 Å². The zero-order chi connectivity index (χ0) is 12.0. The van der Waals surface area contributed by atoms with E-state index in [2.05, 4.69) is 15.0 Å². The molecular weight excluding hydrogens is 214 g/mol. The number of hydrogen-bond donors (Lipinski definition) is 0. The summed E-state index contributed by atoms with van der Waals surface area (Å²) in [6.07, 6.45) is 2.32. The lowest BCUT2D eigenvalue weighted by molar-refractivity contribution is -0.145. The molecule has 0 aliphatic carbocycles. The van der Waals surface area contributed by atoms with Crippen molar-refractivity contribution < 1.29 is 19.1 Å². The van der Waals surface area contributed by atoms with Gasteiger partial charge in [0, 0.05) is 13.3 Å². The molecule has 0 amide bonds. The minimum atomic E-state index is -0.383. The zero-order valence-corrected chi connectivity index (χ0v) is 9.17. The molecule has 7 heteroatoms. The average Bonchev–Trinajstić information content (AvgIpc) is 2.71. The van der Waals surface area contributed by atoms with E-state index in [4.69, 9.17) is 4.74 Å². The average molecular weight is 227 g/mol. The summed E-state index contributed by atoms with van der Waals surface area (Å²) in [7, 11) is 1.33. The number of hydrogen-bond acceptors (Lipinski definition) is 6. The van der Waals surface area contributed by atoms with Crippen LogP contribution >= 0.6 is 0 Å². The van der Waals surface area contributed by atoms with Crippen LogP contribution in [0.2, 0.25) is 0 Å². The van der Waals surface area contributed by atoms with E-state index in [0.29, 0.717) is 12.1 Å². The van der Waals surface area contributed by atoms with Crippen LogP contribution in [0.25, 0.3) is 0 Å². The van der Waals surface area contributed by atoms with E-state index in [1.54, 1.807) is 6.20 Å². The molecule has 0 aromatic carbocycles. The van der Waals surface area contributed by atoms with Gasteiger partial charge in [-0.2, -0.15) is 0 Å². The van der Waals surface area contributed by atoms with E-state index in [1.807, 2.05) is 0 Å². The van der Waals surface area contributed by atoms with Crippen molar-refractivity contribution >= 4 is 11.9 Å². The lowest BCUT2D eigenvalue weighted by atomic mass is 10.2. The molecule has 0 bridgehead atoms. The van der Waals surface area contributed by atoms with Crippen molar-refractivity contribution in [3.05, 3.63) is 11.9 Å². The van der Waals surface area contributed by atoms with Gasteiger partial charge in [-0.3, -0.25) is 9.59 Å². The fraction of sp³-hybridized carbons (Fsp3) is 0.556. The molecule has 1 rings (SSSR count). The summed E-state index contributed by atoms with van der Waals surface area (Å²) >= 11 is 0. The van der Waals surface area contributed by atoms with Crippen molar-refractivity contribution in [3.8, 4) is 0 Å². The van der Waals surface area contributed by atoms with E-state index in [1.165, 1.54) is 18.7 Å². The van der Waals surface area contributed by atoms with Crippen LogP contribution in [0.5, 0.6) is 0 Å². The van der Waals surface area contributed by atoms with Gasteiger partial charge in [-0.15, -0.1) is 5.10 Å². The summed E-state index contributed by atoms with van der Waals surface area (Å²) in [5.41, 5.74) is 0.651. The Morgan fingerprint density at radius 1 is 1.50 bits per heavy atom. The molecule has 0 saturated carbocycles. The quantitative estimate of drug-likeness (QED) is 0.653. The summed E-state index contributed by atoms with van der Waals surface area (Å²) in [6, 6.07) is 0. The van der Waals surface area contributed by atoms with E-state index >= 15 is 0 Å². The predicted octanol–water partition coefficient (Wildman–Crippen LogP) is -0.0957. The maximum atomic E-state index is 10.9. The number of rotatable bonds is 5. The van der Waals surface area contributed by atoms with Crippen molar-refractivity contribution in [2.24, 2.45) is 0 Å². The molecule has 7 nitrogen and oxygen atoms in total. The molecule has 1 aromatic rings. The monoisotopic (exact) mass is 227 g/mol. The predicted molar refractivity (Wildman–Crippen MR) is 52.1 cm³/mol. The Kier molecular flexibility index (Phi) is 4.43. The minimum Gasteiger partial charge on any atom is -0.469 e. The second-order valence-corrected chi connectivity index (χ2v) is 3.09. The van der Waals surface area contributed by atoms with Gasteiger partial charge >= 0.3 is 11.9 Å². The Hall–Kier alpha value is -1.92. The van der Waals surface area contributed by atoms with Crippen LogP contribution in [-0.2, 0) is 32.2 Å². The number of aromatic nitrogens is 3. The molecule has 0 unspecified atom stereocenters. The number of methoxy groups -OCH3 is 1. The fourth-order valence-corrected chi connectivity index (χ4v) is 1.01. The van der Waals surface area contributed by atoms with Crippen LogP contribution in [-0.4, -0.2) is 34.0 Å². The van der Waals surface area contributed by atoms with Crippen LogP contribution in [0, 0.1) is 0 Å². The Morgan fingerprint density at radius 2 is 2.25 bits per heavy atom. The van der Waals surface area contributed by atoms with Crippen molar-refractivity contribution in [2.75, 3.05) is 7.11 Å². The number of nitrogens with zero attached hydrogens (tertiary/aromatic N) is 3. The fourth-order valence-electron chi connectivity index (χ4n) is 1.01. The highest BCUT2D eigenvalue weighted by Gasteiger charge is 2.05. The molecule has 0 fully saturated rings. The summed E-state index contributed by atoms with van der Waals surface area (Å²) in [4.78, 5) is 21.4. The highest BCUT2D eigenvalue weighted by Crippen LogP contribution is 1.99. The number of aryl methyl sites for hydroxylation is 1. The molecule has 0 N–H and O–H groups in total. The maximum Gasteiger partial charge on any atom is 0.305 e. The van der Waals surface area contributed by atoms with E-state index in [-0.39, 0.29) is 25.1 Å². The van der Waals surface area contributed by atoms with Gasteiger partial charge in [-0.1, -0.05) is 5.21 Å². The second-order valence-electron chi connectivity index (χ2n) is 3.09. The van der Waals surface area contributed by atoms with Crippen LogP contribution in [0.4, 0.5) is 0 Å². The normalized spacial score (nSPS) is 9.88. The Morgan fingerprint density at radius 3 is 2.88 bits per heavy atom. The molecular formula is C9H13N3O4. The van der Waals surface area contributed by atoms with E-state index in [9.17, 15) is 9.59 Å². The SMILES string of the molecule is COC(=O)CCc1cn(COC(C)=O)nn1. The third kappa shape index (κ3) is 4.07. The second kappa shape index (κ2) is 5.84. The topological polar surface area (TPSA) is 83.3 Å². The number of carbonyl (C=O) groups excluding carboxylic acids is 2. The summed E-state index contributed by atoms with van der Waals surface area (Å²) in [5, 5.41) is 7.54. The van der Waals surface area contributed by atoms with Gasteiger partial charge in [-0.25, -0.2) is 4.68 Å². The van der Waals surface area contributed by atoms with Gasteiger partial charge in [0.25, 0.3) is 0 Å². The van der Waals surface area contributed by atoms with Crippen molar-refractivity contribution in [2.45, 2.75) is 26.5 Å². The van der Waals surface area contributed by atoms with Crippen LogP contribution < -0.4 is 0 Å². The first kappa shape index (κ1) is 12.2. The molecule has 1 heterocycles. The van der Waals surface area contributed by atoms with Crippen LogP contribution in [0.15, 0.2) is 6.20 Å². The third-order valence-electron chi connectivity index (χ3n) is 1.80. The van der Waals surface area contributed by atoms with E-state index < -0.39 is 0 Å². The molecule has 0 aliphatic heterocycles. The van der Waals surface area contributed by atoms with Crippen LogP contribution in [0.3, 0.4) is 0 Å². The molecule has 0 saturated heterocycles. The van der Waals surface area contributed by atoms with Crippen molar-refractivity contribution in [1.29, 1.82) is 0 Å². The molecule has 0 atom stereocenters. The molecule has 1 aromatic heterocycles. The first-order chi connectivity index (χ1) is 7.61. The van der Waals surface area contributed by atoms with Gasteiger partial charge in [0.15, 0.2) is 6.73 Å². The summed E-state index contributed by atoms with van der Waals surface area (Å²) in [6.45, 7) is 1.34. The zero-order valence-electron chi connectivity index (χ0n) is 9.17. The highest BCUT2D eigenvalue weighted by atomic mass is 16.5. The lowest BCUT2D eigenvalue weighted by Crippen LogP contribution is -2.06. The first-order valence-corrected chi connectivity index (χ1v) is 4.71. The summed E-state index contributed by atoms with van der Waals surface area (Å²) in [5.74, 6) is -0.679. The Labute approximate surface area is 92.3 Å². The number of esters is 2. The molecule has 88 valence electrons. The smallest absolute Gasteiger partial charge is 0.305 e.